The second-order valence-electron chi connectivity index (χ2n) is 6.49. The maximum atomic E-state index is 12.6. The standard InChI is InChI=1S/C17H18N4O3/c22-15-6-5-10-8-21(9-14(10)18-15)16(23)7-13-11-3-1-2-4-12(11)17(24)20-19-13/h1-4,10,14H,5-9H2,(H,18,22)(H,20,24). The fourth-order valence-corrected chi connectivity index (χ4v) is 3.69. The molecule has 2 aromatic rings. The van der Waals surface area contributed by atoms with Gasteiger partial charge in [-0.15, -0.1) is 0 Å². The molecular formula is C17H18N4O3. The normalized spacial score (nSPS) is 23.2. The van der Waals surface area contributed by atoms with Crippen LogP contribution in [0.3, 0.4) is 0 Å². The molecule has 2 saturated heterocycles. The largest absolute Gasteiger partial charge is 0.351 e. The molecule has 7 nitrogen and oxygen atoms in total. The van der Waals surface area contributed by atoms with Gasteiger partial charge in [0, 0.05) is 24.9 Å². The molecule has 2 fully saturated rings. The number of amides is 2. The van der Waals surface area contributed by atoms with Gasteiger partial charge in [-0.25, -0.2) is 5.10 Å². The van der Waals surface area contributed by atoms with Crippen LogP contribution in [0, 0.1) is 5.92 Å². The van der Waals surface area contributed by atoms with Crippen molar-refractivity contribution in [2.75, 3.05) is 13.1 Å². The Morgan fingerprint density at radius 3 is 2.83 bits per heavy atom. The number of carbonyl (C=O) groups excluding carboxylic acids is 2. The van der Waals surface area contributed by atoms with Gasteiger partial charge in [-0.05, 0) is 18.4 Å². The lowest BCUT2D eigenvalue weighted by atomic mass is 9.94. The van der Waals surface area contributed by atoms with Gasteiger partial charge in [0.2, 0.25) is 11.8 Å². The van der Waals surface area contributed by atoms with Crippen molar-refractivity contribution in [3.05, 3.63) is 40.3 Å². The van der Waals surface area contributed by atoms with Gasteiger partial charge < -0.3 is 10.2 Å². The lowest BCUT2D eigenvalue weighted by Gasteiger charge is -2.24. The Morgan fingerprint density at radius 2 is 2.00 bits per heavy atom. The molecule has 0 saturated carbocycles. The molecule has 1 aromatic heterocycles. The highest BCUT2D eigenvalue weighted by atomic mass is 16.2. The van der Waals surface area contributed by atoms with E-state index in [0.29, 0.717) is 41.9 Å². The van der Waals surface area contributed by atoms with Crippen LogP contribution in [0.25, 0.3) is 10.8 Å². The number of fused-ring (bicyclic) bond motifs is 2. The zero-order valence-corrected chi connectivity index (χ0v) is 13.1. The Kier molecular flexibility index (Phi) is 3.55. The minimum absolute atomic E-state index is 0.0247. The van der Waals surface area contributed by atoms with Crippen LogP contribution in [0.2, 0.25) is 0 Å². The van der Waals surface area contributed by atoms with Crippen molar-refractivity contribution < 1.29 is 9.59 Å². The number of aromatic nitrogens is 2. The van der Waals surface area contributed by atoms with E-state index in [-0.39, 0.29) is 29.8 Å². The summed E-state index contributed by atoms with van der Waals surface area (Å²) in [6.07, 6.45) is 1.51. The maximum absolute atomic E-state index is 12.6. The zero-order chi connectivity index (χ0) is 16.7. The molecule has 2 aliphatic heterocycles. The van der Waals surface area contributed by atoms with Gasteiger partial charge in [-0.3, -0.25) is 14.4 Å². The number of H-pyrrole nitrogens is 1. The van der Waals surface area contributed by atoms with Crippen LogP contribution >= 0.6 is 0 Å². The van der Waals surface area contributed by atoms with Crippen LogP contribution in [-0.4, -0.2) is 46.0 Å². The Labute approximate surface area is 138 Å². The van der Waals surface area contributed by atoms with E-state index in [9.17, 15) is 14.4 Å². The quantitative estimate of drug-likeness (QED) is 0.824. The lowest BCUT2D eigenvalue weighted by molar-refractivity contribution is -0.129. The van der Waals surface area contributed by atoms with E-state index in [2.05, 4.69) is 15.5 Å². The second kappa shape index (κ2) is 5.74. The van der Waals surface area contributed by atoms with E-state index < -0.39 is 0 Å². The summed E-state index contributed by atoms with van der Waals surface area (Å²) >= 11 is 0. The maximum Gasteiger partial charge on any atom is 0.272 e. The fraction of sp³-hybridized carbons (Fsp3) is 0.412. The first-order valence-corrected chi connectivity index (χ1v) is 8.15. The molecule has 2 N–H and O–H groups in total. The van der Waals surface area contributed by atoms with Crippen molar-refractivity contribution in [2.45, 2.75) is 25.3 Å². The van der Waals surface area contributed by atoms with Crippen molar-refractivity contribution in [1.29, 1.82) is 0 Å². The molecule has 7 heteroatoms. The van der Waals surface area contributed by atoms with Gasteiger partial charge in [0.05, 0.1) is 23.5 Å². The molecule has 2 amide bonds. The highest BCUT2D eigenvalue weighted by molar-refractivity contribution is 5.88. The molecule has 4 rings (SSSR count). The molecule has 0 bridgehead atoms. The molecule has 3 heterocycles. The lowest BCUT2D eigenvalue weighted by Crippen LogP contribution is -2.44. The van der Waals surface area contributed by atoms with Crippen LogP contribution in [-0.2, 0) is 16.0 Å². The smallest absolute Gasteiger partial charge is 0.272 e. The first kappa shape index (κ1) is 14.9. The highest BCUT2D eigenvalue weighted by Crippen LogP contribution is 2.26. The number of nitrogens with one attached hydrogen (secondary N) is 2. The molecule has 1 aromatic carbocycles. The van der Waals surface area contributed by atoms with E-state index in [0.717, 1.165) is 6.42 Å². The monoisotopic (exact) mass is 326 g/mol. The van der Waals surface area contributed by atoms with E-state index in [1.165, 1.54) is 0 Å². The first-order chi connectivity index (χ1) is 11.6. The number of piperidine rings is 1. The molecule has 2 aliphatic rings. The first-order valence-electron chi connectivity index (χ1n) is 8.15. The third-order valence-electron chi connectivity index (χ3n) is 4.98. The number of aromatic amines is 1. The molecule has 0 spiro atoms. The van der Waals surface area contributed by atoms with Crippen molar-refractivity contribution in [3.63, 3.8) is 0 Å². The number of benzene rings is 1. The molecule has 0 aliphatic carbocycles. The Hall–Kier alpha value is -2.70. The van der Waals surface area contributed by atoms with E-state index >= 15 is 0 Å². The molecule has 0 radical (unpaired) electrons. The van der Waals surface area contributed by atoms with Gasteiger partial charge in [-0.2, -0.15) is 5.10 Å². The summed E-state index contributed by atoms with van der Waals surface area (Å²) in [7, 11) is 0. The SMILES string of the molecule is O=C1CCC2CN(C(=O)Cc3n[nH]c(=O)c4ccccc34)CC2N1. The summed E-state index contributed by atoms with van der Waals surface area (Å²) in [4.78, 5) is 37.8. The Balaban J connectivity index is 1.54. The average molecular weight is 326 g/mol. The van der Waals surface area contributed by atoms with Gasteiger partial charge >= 0.3 is 0 Å². The predicted octanol–water partition coefficient (Wildman–Crippen LogP) is 0.203. The summed E-state index contributed by atoms with van der Waals surface area (Å²) in [5.74, 6) is 0.383. The highest BCUT2D eigenvalue weighted by Gasteiger charge is 2.38. The number of hydrogen-bond acceptors (Lipinski definition) is 4. The van der Waals surface area contributed by atoms with Crippen LogP contribution in [0.1, 0.15) is 18.5 Å². The van der Waals surface area contributed by atoms with Crippen LogP contribution in [0.5, 0.6) is 0 Å². The molecular weight excluding hydrogens is 308 g/mol. The number of likely N-dealkylation sites (tertiary alicyclic amines) is 1. The van der Waals surface area contributed by atoms with Gasteiger partial charge in [0.25, 0.3) is 5.56 Å². The third kappa shape index (κ3) is 2.55. The molecule has 2 atom stereocenters. The predicted molar refractivity (Wildman–Crippen MR) is 87.3 cm³/mol. The van der Waals surface area contributed by atoms with Crippen LogP contribution in [0.4, 0.5) is 0 Å². The number of nitrogens with zero attached hydrogens (tertiary/aromatic N) is 2. The Bertz CT molecular complexity index is 876. The summed E-state index contributed by atoms with van der Waals surface area (Å²) in [5, 5.41) is 10.7. The van der Waals surface area contributed by atoms with Crippen molar-refractivity contribution in [2.24, 2.45) is 5.92 Å². The Morgan fingerprint density at radius 1 is 1.21 bits per heavy atom. The van der Waals surface area contributed by atoms with E-state index in [4.69, 9.17) is 0 Å². The van der Waals surface area contributed by atoms with Crippen molar-refractivity contribution >= 4 is 22.6 Å². The van der Waals surface area contributed by atoms with Gasteiger partial charge in [-0.1, -0.05) is 18.2 Å². The van der Waals surface area contributed by atoms with Crippen molar-refractivity contribution in [3.8, 4) is 0 Å². The summed E-state index contributed by atoms with van der Waals surface area (Å²) in [6, 6.07) is 7.22. The minimum atomic E-state index is -0.253. The summed E-state index contributed by atoms with van der Waals surface area (Å²) < 4.78 is 0. The third-order valence-corrected chi connectivity index (χ3v) is 4.98. The molecule has 124 valence electrons. The van der Waals surface area contributed by atoms with Crippen LogP contribution in [0.15, 0.2) is 29.1 Å². The fourth-order valence-electron chi connectivity index (χ4n) is 3.69. The average Bonchev–Trinajstić information content (AvgIpc) is 3.01. The molecule has 2 unspecified atom stereocenters. The van der Waals surface area contributed by atoms with Crippen LogP contribution < -0.4 is 10.9 Å². The minimum Gasteiger partial charge on any atom is -0.351 e. The summed E-state index contributed by atoms with van der Waals surface area (Å²) in [6.45, 7) is 1.22. The topological polar surface area (TPSA) is 95.2 Å². The van der Waals surface area contributed by atoms with E-state index in [1.807, 2.05) is 12.1 Å². The number of hydrogen-bond donors (Lipinski definition) is 2. The van der Waals surface area contributed by atoms with Gasteiger partial charge in [0.1, 0.15) is 0 Å². The van der Waals surface area contributed by atoms with E-state index in [1.54, 1.807) is 17.0 Å². The number of carbonyl (C=O) groups is 2. The van der Waals surface area contributed by atoms with Gasteiger partial charge in [0.15, 0.2) is 0 Å². The second-order valence-corrected chi connectivity index (χ2v) is 6.49. The molecule has 24 heavy (non-hydrogen) atoms. The number of rotatable bonds is 2. The summed E-state index contributed by atoms with van der Waals surface area (Å²) in [5.41, 5.74) is 0.325. The van der Waals surface area contributed by atoms with Crippen molar-refractivity contribution in [1.82, 2.24) is 20.4 Å². The zero-order valence-electron chi connectivity index (χ0n) is 13.1.